The Labute approximate surface area is 79.5 Å². The number of carboxylic acid groups (broad SMARTS) is 2. The maximum atomic E-state index is 10.7. The number of hydrazine groups is 1. The molecular weight excluding hydrogens is 192 g/mol. The molecule has 2 amide bonds. The molecule has 0 spiro atoms. The third-order valence-corrected chi connectivity index (χ3v) is 2.02. The smallest absolute Gasteiger partial charge is 0.427 e. The molecule has 1 fully saturated rings. The van der Waals surface area contributed by atoms with Crippen molar-refractivity contribution in [2.75, 3.05) is 6.54 Å². The molecule has 0 radical (unpaired) electrons. The second kappa shape index (κ2) is 3.95. The number of hydrogen-bond donors (Lipinski definition) is 2. The Morgan fingerprint density at radius 2 is 1.93 bits per heavy atom. The largest absolute Gasteiger partial charge is 0.464 e. The number of amides is 2. The van der Waals surface area contributed by atoms with E-state index < -0.39 is 18.2 Å². The monoisotopic (exact) mass is 202 g/mol. The number of hydrogen-bond acceptors (Lipinski definition) is 3. The van der Waals surface area contributed by atoms with E-state index in [1.54, 1.807) is 0 Å². The summed E-state index contributed by atoms with van der Waals surface area (Å²) in [7, 11) is 0. The first-order valence-corrected chi connectivity index (χ1v) is 4.05. The van der Waals surface area contributed by atoms with Crippen LogP contribution in [0.4, 0.5) is 9.59 Å². The molecule has 0 aliphatic carbocycles. The van der Waals surface area contributed by atoms with E-state index in [-0.39, 0.29) is 6.54 Å². The molecule has 14 heavy (non-hydrogen) atoms. The second-order valence-electron chi connectivity index (χ2n) is 2.88. The van der Waals surface area contributed by atoms with E-state index in [9.17, 15) is 14.4 Å². The highest BCUT2D eigenvalue weighted by atomic mass is 16.4. The second-order valence-corrected chi connectivity index (χ2v) is 2.88. The Morgan fingerprint density at radius 1 is 1.29 bits per heavy atom. The van der Waals surface area contributed by atoms with Crippen molar-refractivity contribution in [2.24, 2.45) is 0 Å². The zero-order valence-electron chi connectivity index (χ0n) is 7.29. The summed E-state index contributed by atoms with van der Waals surface area (Å²) in [5.74, 6) is 0. The first-order valence-electron chi connectivity index (χ1n) is 4.05. The van der Waals surface area contributed by atoms with Crippen molar-refractivity contribution in [3.63, 3.8) is 0 Å². The van der Waals surface area contributed by atoms with Crippen molar-refractivity contribution >= 4 is 18.5 Å². The lowest BCUT2D eigenvalue weighted by atomic mass is 10.1. The lowest BCUT2D eigenvalue weighted by molar-refractivity contribution is -0.120. The van der Waals surface area contributed by atoms with Crippen LogP contribution in [0.15, 0.2) is 0 Å². The van der Waals surface area contributed by atoms with Gasteiger partial charge in [-0.1, -0.05) is 0 Å². The molecular formula is C7H10N2O5. The van der Waals surface area contributed by atoms with E-state index in [1.165, 1.54) is 0 Å². The molecule has 1 atom stereocenters. The molecule has 7 heteroatoms. The highest BCUT2D eigenvalue weighted by Gasteiger charge is 2.35. The third-order valence-electron chi connectivity index (χ3n) is 2.02. The normalized spacial score (nSPS) is 21.9. The Hall–Kier alpha value is -1.79. The summed E-state index contributed by atoms with van der Waals surface area (Å²) in [6.45, 7) is 0.103. The van der Waals surface area contributed by atoms with E-state index >= 15 is 0 Å². The topological polar surface area (TPSA) is 98.2 Å². The summed E-state index contributed by atoms with van der Waals surface area (Å²) in [6, 6.07) is -0.891. The highest BCUT2D eigenvalue weighted by molar-refractivity contribution is 5.76. The van der Waals surface area contributed by atoms with Crippen molar-refractivity contribution in [1.82, 2.24) is 10.0 Å². The average molecular weight is 202 g/mol. The third kappa shape index (κ3) is 1.76. The molecule has 2 N–H and O–H groups in total. The van der Waals surface area contributed by atoms with E-state index in [1.807, 2.05) is 0 Å². The van der Waals surface area contributed by atoms with Crippen LogP contribution < -0.4 is 0 Å². The van der Waals surface area contributed by atoms with Gasteiger partial charge in [0.05, 0.1) is 0 Å². The Kier molecular flexibility index (Phi) is 2.90. The van der Waals surface area contributed by atoms with E-state index in [0.29, 0.717) is 29.1 Å². The Bertz CT molecular complexity index is 267. The van der Waals surface area contributed by atoms with Gasteiger partial charge in [-0.2, -0.15) is 0 Å². The summed E-state index contributed by atoms with van der Waals surface area (Å²) in [5.41, 5.74) is 0. The van der Waals surface area contributed by atoms with Crippen LogP contribution in [0, 0.1) is 0 Å². The predicted octanol–water partition coefficient (Wildman–Crippen LogP) is 0.223. The lowest BCUT2D eigenvalue weighted by Gasteiger charge is -2.37. The number of rotatable bonds is 1. The molecule has 78 valence electrons. The summed E-state index contributed by atoms with van der Waals surface area (Å²) in [5, 5.41) is 18.6. The van der Waals surface area contributed by atoms with Gasteiger partial charge in [-0.25, -0.2) is 19.6 Å². The van der Waals surface area contributed by atoms with Gasteiger partial charge in [0.2, 0.25) is 0 Å². The van der Waals surface area contributed by atoms with E-state index in [0.717, 1.165) is 0 Å². The van der Waals surface area contributed by atoms with Crippen molar-refractivity contribution < 1.29 is 24.6 Å². The van der Waals surface area contributed by atoms with Crippen LogP contribution in [-0.4, -0.2) is 51.3 Å². The number of nitrogens with zero attached hydrogens (tertiary/aromatic N) is 2. The van der Waals surface area contributed by atoms with E-state index in [4.69, 9.17) is 10.2 Å². The van der Waals surface area contributed by atoms with Gasteiger partial charge in [0.15, 0.2) is 0 Å². The number of carbonyl (C=O) groups excluding carboxylic acids is 1. The SMILES string of the molecule is O=C[C@@H]1CCCN(C(=O)O)N1C(=O)O. The van der Waals surface area contributed by atoms with Gasteiger partial charge in [-0.3, -0.25) is 0 Å². The quantitative estimate of drug-likeness (QED) is 0.593. The van der Waals surface area contributed by atoms with Gasteiger partial charge >= 0.3 is 12.2 Å². The molecule has 1 heterocycles. The molecule has 1 aliphatic heterocycles. The molecule has 1 saturated heterocycles. The van der Waals surface area contributed by atoms with Gasteiger partial charge in [0, 0.05) is 6.54 Å². The fraction of sp³-hybridized carbons (Fsp3) is 0.571. The minimum Gasteiger partial charge on any atom is -0.464 e. The fourth-order valence-electron chi connectivity index (χ4n) is 1.42. The van der Waals surface area contributed by atoms with Crippen LogP contribution in [0.3, 0.4) is 0 Å². The van der Waals surface area contributed by atoms with Crippen molar-refractivity contribution in [2.45, 2.75) is 18.9 Å². The summed E-state index contributed by atoms with van der Waals surface area (Å²) < 4.78 is 0. The van der Waals surface area contributed by atoms with E-state index in [2.05, 4.69) is 0 Å². The maximum Gasteiger partial charge on any atom is 0.427 e. The molecule has 1 rings (SSSR count). The van der Waals surface area contributed by atoms with Crippen LogP contribution >= 0.6 is 0 Å². The van der Waals surface area contributed by atoms with Gasteiger partial charge in [0.25, 0.3) is 0 Å². The number of aldehydes is 1. The molecule has 0 aromatic heterocycles. The van der Waals surface area contributed by atoms with Crippen molar-refractivity contribution in [3.8, 4) is 0 Å². The fourth-order valence-corrected chi connectivity index (χ4v) is 1.42. The minimum absolute atomic E-state index is 0.103. The minimum atomic E-state index is -1.43. The predicted molar refractivity (Wildman–Crippen MR) is 43.7 cm³/mol. The summed E-state index contributed by atoms with van der Waals surface area (Å²) >= 11 is 0. The Balaban J connectivity index is 2.88. The molecule has 1 aliphatic rings. The van der Waals surface area contributed by atoms with Gasteiger partial charge < -0.3 is 15.0 Å². The van der Waals surface area contributed by atoms with Crippen molar-refractivity contribution in [3.05, 3.63) is 0 Å². The molecule has 0 aromatic rings. The van der Waals surface area contributed by atoms with Gasteiger partial charge in [0.1, 0.15) is 12.3 Å². The lowest BCUT2D eigenvalue weighted by Crippen LogP contribution is -2.57. The Morgan fingerprint density at radius 3 is 2.36 bits per heavy atom. The van der Waals surface area contributed by atoms with Crippen LogP contribution in [0.2, 0.25) is 0 Å². The summed E-state index contributed by atoms with van der Waals surface area (Å²) in [6.07, 6.45) is -1.49. The van der Waals surface area contributed by atoms with Crippen LogP contribution in [0.1, 0.15) is 12.8 Å². The highest BCUT2D eigenvalue weighted by Crippen LogP contribution is 2.16. The first kappa shape index (κ1) is 10.3. The average Bonchev–Trinajstić information content (AvgIpc) is 2.16. The molecule has 7 nitrogen and oxygen atoms in total. The molecule has 0 unspecified atom stereocenters. The van der Waals surface area contributed by atoms with Crippen LogP contribution in [0.25, 0.3) is 0 Å². The molecule has 0 bridgehead atoms. The van der Waals surface area contributed by atoms with Gasteiger partial charge in [-0.15, -0.1) is 0 Å². The van der Waals surface area contributed by atoms with Crippen LogP contribution in [0.5, 0.6) is 0 Å². The standard InChI is InChI=1S/C7H10N2O5/c10-4-5-2-1-3-8(6(11)12)9(5)7(13)14/h4-5H,1-3H2,(H,11,12)(H,13,14)/t5-/m0/s1. The summed E-state index contributed by atoms with van der Waals surface area (Å²) in [4.78, 5) is 31.9. The maximum absolute atomic E-state index is 10.7. The first-order chi connectivity index (χ1) is 6.57. The molecule has 0 saturated carbocycles. The zero-order chi connectivity index (χ0) is 10.7. The van der Waals surface area contributed by atoms with Crippen molar-refractivity contribution in [1.29, 1.82) is 0 Å². The zero-order valence-corrected chi connectivity index (χ0v) is 7.29. The molecule has 0 aromatic carbocycles. The van der Waals surface area contributed by atoms with Crippen LogP contribution in [-0.2, 0) is 4.79 Å². The van der Waals surface area contributed by atoms with Gasteiger partial charge in [-0.05, 0) is 12.8 Å². The number of carbonyl (C=O) groups is 3.